The van der Waals surface area contributed by atoms with E-state index >= 15 is 0 Å². The van der Waals surface area contributed by atoms with Gasteiger partial charge in [-0.1, -0.05) is 60.9 Å². The number of aryl methyl sites for hydroxylation is 1. The molecule has 1 aliphatic carbocycles. The molecule has 5 nitrogen and oxygen atoms in total. The second-order valence-electron chi connectivity index (χ2n) is 8.67. The molecule has 1 fully saturated rings. The highest BCUT2D eigenvalue weighted by atomic mass is 32.2. The number of nitrogens with one attached hydrogen (secondary N) is 1. The molecule has 0 unspecified atom stereocenters. The Morgan fingerprint density at radius 1 is 1.10 bits per heavy atom. The van der Waals surface area contributed by atoms with Gasteiger partial charge in [-0.3, -0.25) is 0 Å². The van der Waals surface area contributed by atoms with Crippen molar-refractivity contribution >= 4 is 10.0 Å². The molecule has 6 heteroatoms. The first-order chi connectivity index (χ1) is 15.0. The van der Waals surface area contributed by atoms with E-state index in [2.05, 4.69) is 4.72 Å². The summed E-state index contributed by atoms with van der Waals surface area (Å²) in [5, 5.41) is 9.48. The topological polar surface area (TPSA) is 75.6 Å². The van der Waals surface area contributed by atoms with Crippen LogP contribution in [-0.4, -0.2) is 32.3 Å². The summed E-state index contributed by atoms with van der Waals surface area (Å²) in [4.78, 5) is 0.297. The van der Waals surface area contributed by atoms with Crippen LogP contribution in [0.5, 0.6) is 0 Å². The van der Waals surface area contributed by atoms with E-state index in [4.69, 9.17) is 4.74 Å². The second kappa shape index (κ2) is 11.2. The van der Waals surface area contributed by atoms with Crippen molar-refractivity contribution in [1.82, 2.24) is 4.72 Å². The maximum Gasteiger partial charge on any atom is 0.241 e. The third-order valence-corrected chi connectivity index (χ3v) is 7.95. The minimum atomic E-state index is -3.64. The molecule has 1 aliphatic rings. The normalized spacial score (nSPS) is 21.8. The molecule has 2 N–H and O–H groups in total. The van der Waals surface area contributed by atoms with Crippen molar-refractivity contribution in [1.29, 1.82) is 0 Å². The zero-order chi connectivity index (χ0) is 22.2. The van der Waals surface area contributed by atoms with Crippen LogP contribution in [0.1, 0.15) is 56.1 Å². The van der Waals surface area contributed by atoms with Crippen LogP contribution >= 0.6 is 0 Å². The molecule has 0 spiro atoms. The average molecular weight is 446 g/mol. The number of aliphatic hydroxyl groups is 1. The van der Waals surface area contributed by atoms with Gasteiger partial charge in [0.15, 0.2) is 0 Å². The molecular weight excluding hydrogens is 410 g/mol. The lowest BCUT2D eigenvalue weighted by Crippen LogP contribution is -2.55. The molecule has 0 bridgehead atoms. The first-order valence-electron chi connectivity index (χ1n) is 11.3. The van der Waals surface area contributed by atoms with Gasteiger partial charge in [-0.2, -0.15) is 0 Å². The van der Waals surface area contributed by atoms with E-state index in [1.54, 1.807) is 12.1 Å². The number of rotatable bonds is 11. The van der Waals surface area contributed by atoms with Crippen LogP contribution in [0.15, 0.2) is 59.5 Å². The summed E-state index contributed by atoms with van der Waals surface area (Å²) in [6.07, 6.45) is 5.86. The van der Waals surface area contributed by atoms with Crippen molar-refractivity contribution in [2.45, 2.75) is 68.9 Å². The van der Waals surface area contributed by atoms with Crippen LogP contribution in [0.3, 0.4) is 0 Å². The van der Waals surface area contributed by atoms with Crippen molar-refractivity contribution in [3.63, 3.8) is 0 Å². The highest BCUT2D eigenvalue weighted by Crippen LogP contribution is 2.40. The molecule has 0 saturated heterocycles. The number of sulfonamides is 1. The zero-order valence-electron chi connectivity index (χ0n) is 18.4. The van der Waals surface area contributed by atoms with Gasteiger partial charge in [-0.15, -0.1) is 0 Å². The quantitative estimate of drug-likeness (QED) is 0.496. The third-order valence-electron chi connectivity index (χ3n) is 6.38. The van der Waals surface area contributed by atoms with Gasteiger partial charge >= 0.3 is 0 Å². The Bertz CT molecular complexity index is 899. The van der Waals surface area contributed by atoms with Crippen molar-refractivity contribution in [3.8, 4) is 0 Å². The van der Waals surface area contributed by atoms with Crippen molar-refractivity contribution in [3.05, 3.63) is 65.7 Å². The SMILES string of the molecule is Cc1ccc(S(=O)(=O)N[C@]2(CCCO)CCCC[C@H]2CCOCc2ccccc2)cc1. The van der Waals surface area contributed by atoms with Crippen molar-refractivity contribution in [2.24, 2.45) is 5.92 Å². The van der Waals surface area contributed by atoms with Gasteiger partial charge in [-0.05, 0) is 62.6 Å². The molecule has 2 aromatic carbocycles. The monoisotopic (exact) mass is 445 g/mol. The molecule has 3 rings (SSSR count). The summed E-state index contributed by atoms with van der Waals surface area (Å²) >= 11 is 0. The molecule has 1 saturated carbocycles. The molecular formula is C25H35NO4S. The van der Waals surface area contributed by atoms with E-state index in [9.17, 15) is 13.5 Å². The van der Waals surface area contributed by atoms with Crippen LogP contribution in [0, 0.1) is 12.8 Å². The number of hydrogen-bond acceptors (Lipinski definition) is 4. The third kappa shape index (κ3) is 6.62. The van der Waals surface area contributed by atoms with Gasteiger partial charge in [0.2, 0.25) is 10.0 Å². The van der Waals surface area contributed by atoms with Crippen LogP contribution in [0.25, 0.3) is 0 Å². The van der Waals surface area contributed by atoms with Crippen LogP contribution < -0.4 is 4.72 Å². The summed E-state index contributed by atoms with van der Waals surface area (Å²) in [5.41, 5.74) is 1.62. The molecule has 2 atom stereocenters. The summed E-state index contributed by atoms with van der Waals surface area (Å²) in [6.45, 7) is 3.16. The average Bonchev–Trinajstić information content (AvgIpc) is 2.77. The Kier molecular flexibility index (Phi) is 8.67. The first kappa shape index (κ1) is 23.9. The van der Waals surface area contributed by atoms with Crippen LogP contribution in [0.4, 0.5) is 0 Å². The number of hydrogen-bond donors (Lipinski definition) is 2. The van der Waals surface area contributed by atoms with E-state index in [1.807, 2.05) is 49.4 Å². The molecule has 0 radical (unpaired) electrons. The van der Waals surface area contributed by atoms with Crippen LogP contribution in [0.2, 0.25) is 0 Å². The molecule has 0 aromatic heterocycles. The summed E-state index contributed by atoms with van der Waals surface area (Å²) in [7, 11) is -3.64. The Morgan fingerprint density at radius 2 is 1.84 bits per heavy atom. The van der Waals surface area contributed by atoms with Gasteiger partial charge in [0.05, 0.1) is 11.5 Å². The summed E-state index contributed by atoms with van der Waals surface area (Å²) in [6, 6.07) is 17.1. The van der Waals surface area contributed by atoms with Gasteiger partial charge < -0.3 is 9.84 Å². The predicted molar refractivity (Wildman–Crippen MR) is 123 cm³/mol. The Morgan fingerprint density at radius 3 is 2.55 bits per heavy atom. The number of aliphatic hydroxyl groups excluding tert-OH is 1. The Hall–Kier alpha value is -1.73. The van der Waals surface area contributed by atoms with Crippen LogP contribution in [-0.2, 0) is 21.4 Å². The van der Waals surface area contributed by atoms with Crippen molar-refractivity contribution in [2.75, 3.05) is 13.2 Å². The standard InChI is InChI=1S/C25H35NO4S/c1-21-11-13-24(14-12-21)31(28,29)26-25(17-7-18-27)16-6-5-10-23(25)15-19-30-20-22-8-3-2-4-9-22/h2-4,8-9,11-14,23,26-27H,5-7,10,15-20H2,1H3/t23-,25-/m0/s1. The maximum atomic E-state index is 13.2. The van der Waals surface area contributed by atoms with E-state index in [-0.39, 0.29) is 12.5 Å². The fraction of sp³-hybridized carbons (Fsp3) is 0.520. The van der Waals surface area contributed by atoms with Crippen molar-refractivity contribution < 1.29 is 18.3 Å². The summed E-state index contributed by atoms with van der Waals surface area (Å²) < 4.78 is 35.5. The molecule has 31 heavy (non-hydrogen) atoms. The minimum Gasteiger partial charge on any atom is -0.396 e. The van der Waals surface area contributed by atoms with Gasteiger partial charge in [-0.25, -0.2) is 13.1 Å². The second-order valence-corrected chi connectivity index (χ2v) is 10.4. The fourth-order valence-electron chi connectivity index (χ4n) is 4.68. The van der Waals surface area contributed by atoms with Gasteiger partial charge in [0, 0.05) is 18.8 Å². The lowest BCUT2D eigenvalue weighted by atomic mass is 9.69. The van der Waals surface area contributed by atoms with E-state index < -0.39 is 15.6 Å². The number of ether oxygens (including phenoxy) is 1. The largest absolute Gasteiger partial charge is 0.396 e. The van der Waals surface area contributed by atoms with E-state index in [1.165, 1.54) is 0 Å². The Balaban J connectivity index is 1.71. The molecule has 0 amide bonds. The molecule has 170 valence electrons. The van der Waals surface area contributed by atoms with E-state index in [0.717, 1.165) is 43.2 Å². The van der Waals surface area contributed by atoms with Gasteiger partial charge in [0.1, 0.15) is 0 Å². The maximum absolute atomic E-state index is 13.2. The smallest absolute Gasteiger partial charge is 0.241 e. The molecule has 2 aromatic rings. The lowest BCUT2D eigenvalue weighted by molar-refractivity contribution is 0.0687. The lowest BCUT2D eigenvalue weighted by Gasteiger charge is -2.45. The minimum absolute atomic E-state index is 0.0608. The van der Waals surface area contributed by atoms with Gasteiger partial charge in [0.25, 0.3) is 0 Å². The highest BCUT2D eigenvalue weighted by Gasteiger charge is 2.43. The summed E-state index contributed by atoms with van der Waals surface area (Å²) in [5.74, 6) is 0.184. The molecule has 0 heterocycles. The first-order valence-corrected chi connectivity index (χ1v) is 12.8. The Labute approximate surface area is 186 Å². The number of benzene rings is 2. The zero-order valence-corrected chi connectivity index (χ0v) is 19.2. The molecule has 0 aliphatic heterocycles. The predicted octanol–water partition coefficient (Wildman–Crippen LogP) is 4.58. The van der Waals surface area contributed by atoms with E-state index in [0.29, 0.717) is 31.0 Å². The highest BCUT2D eigenvalue weighted by molar-refractivity contribution is 7.89. The fourth-order valence-corrected chi connectivity index (χ4v) is 6.19.